The molecule has 0 amide bonds. The zero-order valence-corrected chi connectivity index (χ0v) is 25.0. The molecule has 1 N–H and O–H groups in total. The van der Waals surface area contributed by atoms with E-state index in [0.29, 0.717) is 12.8 Å². The fourth-order valence-electron chi connectivity index (χ4n) is 5.13. The third kappa shape index (κ3) is 29.4. The largest absolute Gasteiger partial charge is 0.481 e. The summed E-state index contributed by atoms with van der Waals surface area (Å²) in [6, 6.07) is 0. The minimum Gasteiger partial charge on any atom is -0.481 e. The van der Waals surface area contributed by atoms with Crippen LogP contribution in [0, 0.1) is 0 Å². The SMILES string of the molecule is CCCCCCCCCCCCCCCC(=O)OC(CCCCC)CCCCCCCCCCC(=O)O. The van der Waals surface area contributed by atoms with Crippen LogP contribution in [0.2, 0.25) is 0 Å². The fourth-order valence-corrected chi connectivity index (χ4v) is 5.13. The third-order valence-electron chi connectivity index (χ3n) is 7.58. The number of carbonyl (C=O) groups is 2. The lowest BCUT2D eigenvalue weighted by Crippen LogP contribution is -2.18. The summed E-state index contributed by atoms with van der Waals surface area (Å²) in [5, 5.41) is 8.68. The molecule has 37 heavy (non-hydrogen) atoms. The molecule has 220 valence electrons. The number of rotatable bonds is 30. The van der Waals surface area contributed by atoms with Crippen molar-refractivity contribution in [2.75, 3.05) is 0 Å². The predicted molar refractivity (Wildman–Crippen MR) is 158 cm³/mol. The van der Waals surface area contributed by atoms with Gasteiger partial charge < -0.3 is 9.84 Å². The van der Waals surface area contributed by atoms with Crippen LogP contribution in [0.15, 0.2) is 0 Å². The summed E-state index contributed by atoms with van der Waals surface area (Å²) < 4.78 is 5.91. The number of unbranched alkanes of at least 4 members (excludes halogenated alkanes) is 21. The normalized spacial score (nSPS) is 12.1. The van der Waals surface area contributed by atoms with Gasteiger partial charge in [0.25, 0.3) is 0 Å². The van der Waals surface area contributed by atoms with E-state index >= 15 is 0 Å². The van der Waals surface area contributed by atoms with Crippen LogP contribution in [0.1, 0.15) is 194 Å². The van der Waals surface area contributed by atoms with Gasteiger partial charge in [-0.1, -0.05) is 142 Å². The predicted octanol–water partition coefficient (Wildman–Crippen LogP) is 10.9. The number of carbonyl (C=O) groups excluding carboxylic acids is 1. The minimum absolute atomic E-state index is 0.0194. The number of ether oxygens (including phenoxy) is 1. The van der Waals surface area contributed by atoms with E-state index in [2.05, 4.69) is 13.8 Å². The molecule has 0 aliphatic rings. The van der Waals surface area contributed by atoms with Gasteiger partial charge in [-0.25, -0.2) is 0 Å². The molecule has 0 bridgehead atoms. The summed E-state index contributed by atoms with van der Waals surface area (Å²) in [6.45, 7) is 4.50. The number of hydrogen-bond donors (Lipinski definition) is 1. The van der Waals surface area contributed by atoms with Gasteiger partial charge in [0.05, 0.1) is 0 Å². The number of esters is 1. The van der Waals surface area contributed by atoms with Crippen molar-refractivity contribution in [3.63, 3.8) is 0 Å². The Labute approximate surface area is 231 Å². The van der Waals surface area contributed by atoms with Gasteiger partial charge in [-0.2, -0.15) is 0 Å². The van der Waals surface area contributed by atoms with Crippen molar-refractivity contribution in [1.29, 1.82) is 0 Å². The Morgan fingerprint density at radius 2 is 0.811 bits per heavy atom. The van der Waals surface area contributed by atoms with Crippen molar-refractivity contribution in [3.8, 4) is 0 Å². The Morgan fingerprint density at radius 1 is 0.486 bits per heavy atom. The molecule has 0 rings (SSSR count). The summed E-state index contributed by atoms with van der Waals surface area (Å²) in [5.41, 5.74) is 0. The lowest BCUT2D eigenvalue weighted by molar-refractivity contribution is -0.150. The molecule has 1 unspecified atom stereocenters. The van der Waals surface area contributed by atoms with E-state index < -0.39 is 5.97 Å². The van der Waals surface area contributed by atoms with Crippen molar-refractivity contribution in [3.05, 3.63) is 0 Å². The lowest BCUT2D eigenvalue weighted by Gasteiger charge is -2.18. The Morgan fingerprint density at radius 3 is 1.24 bits per heavy atom. The van der Waals surface area contributed by atoms with Crippen molar-refractivity contribution in [1.82, 2.24) is 0 Å². The summed E-state index contributed by atoms with van der Waals surface area (Å²) in [5.74, 6) is -0.663. The van der Waals surface area contributed by atoms with Crippen molar-refractivity contribution in [2.45, 2.75) is 200 Å². The minimum atomic E-state index is -0.682. The van der Waals surface area contributed by atoms with Crippen LogP contribution in [0.3, 0.4) is 0 Å². The van der Waals surface area contributed by atoms with Gasteiger partial charge in [-0.3, -0.25) is 9.59 Å². The van der Waals surface area contributed by atoms with Crippen LogP contribution >= 0.6 is 0 Å². The van der Waals surface area contributed by atoms with Gasteiger partial charge in [0.15, 0.2) is 0 Å². The zero-order valence-electron chi connectivity index (χ0n) is 25.0. The first kappa shape index (κ1) is 35.9. The smallest absolute Gasteiger partial charge is 0.306 e. The first-order chi connectivity index (χ1) is 18.1. The molecule has 0 aliphatic heterocycles. The fraction of sp³-hybridized carbons (Fsp3) is 0.939. The number of carboxylic acid groups (broad SMARTS) is 1. The molecule has 0 saturated heterocycles. The topological polar surface area (TPSA) is 63.6 Å². The molecule has 0 aromatic carbocycles. The van der Waals surface area contributed by atoms with Gasteiger partial charge in [-0.05, 0) is 38.5 Å². The number of carboxylic acids is 1. The molecule has 0 heterocycles. The molecule has 1 atom stereocenters. The van der Waals surface area contributed by atoms with E-state index in [9.17, 15) is 9.59 Å². The molecule has 0 aliphatic carbocycles. The summed E-state index contributed by atoms with van der Waals surface area (Å²) in [6.07, 6.45) is 32.8. The highest BCUT2D eigenvalue weighted by Gasteiger charge is 2.14. The Bertz CT molecular complexity index is 491. The highest BCUT2D eigenvalue weighted by Crippen LogP contribution is 2.18. The van der Waals surface area contributed by atoms with Crippen molar-refractivity contribution < 1.29 is 19.4 Å². The summed E-state index contributed by atoms with van der Waals surface area (Å²) >= 11 is 0. The van der Waals surface area contributed by atoms with E-state index in [1.165, 1.54) is 109 Å². The lowest BCUT2D eigenvalue weighted by atomic mass is 10.0. The highest BCUT2D eigenvalue weighted by atomic mass is 16.5. The van der Waals surface area contributed by atoms with Crippen molar-refractivity contribution in [2.24, 2.45) is 0 Å². The Kier molecular flexibility index (Phi) is 28.7. The van der Waals surface area contributed by atoms with Crippen LogP contribution < -0.4 is 0 Å². The maximum absolute atomic E-state index is 12.4. The standard InChI is InChI=1S/C33H64O4/c1-3-5-7-8-9-10-11-12-13-14-19-22-26-30-33(36)37-31(27-23-6-4-2)28-24-20-17-15-16-18-21-25-29-32(34)35/h31H,3-30H2,1-2H3,(H,34,35). The van der Waals surface area contributed by atoms with Gasteiger partial charge >= 0.3 is 11.9 Å². The molecule has 4 heteroatoms. The van der Waals surface area contributed by atoms with E-state index in [4.69, 9.17) is 9.84 Å². The van der Waals surface area contributed by atoms with Crippen LogP contribution in [-0.4, -0.2) is 23.1 Å². The molecular formula is C33H64O4. The second-order valence-electron chi connectivity index (χ2n) is 11.4. The van der Waals surface area contributed by atoms with Crippen LogP contribution in [0.25, 0.3) is 0 Å². The first-order valence-electron chi connectivity index (χ1n) is 16.5. The molecule has 0 aromatic heterocycles. The average Bonchev–Trinajstić information content (AvgIpc) is 2.87. The second kappa shape index (κ2) is 29.5. The molecule has 0 aromatic rings. The molecule has 4 nitrogen and oxygen atoms in total. The molecule has 0 saturated carbocycles. The number of aliphatic carboxylic acids is 1. The maximum atomic E-state index is 12.4. The van der Waals surface area contributed by atoms with Crippen LogP contribution in [0.5, 0.6) is 0 Å². The molecule has 0 radical (unpaired) electrons. The Hall–Kier alpha value is -1.06. The zero-order chi connectivity index (χ0) is 27.2. The highest BCUT2D eigenvalue weighted by molar-refractivity contribution is 5.69. The van der Waals surface area contributed by atoms with E-state index in [1.54, 1.807) is 0 Å². The quantitative estimate of drug-likeness (QED) is 0.0749. The van der Waals surface area contributed by atoms with Crippen LogP contribution in [-0.2, 0) is 14.3 Å². The van der Waals surface area contributed by atoms with Gasteiger partial charge in [0.2, 0.25) is 0 Å². The van der Waals surface area contributed by atoms with Crippen molar-refractivity contribution >= 4 is 11.9 Å². The van der Waals surface area contributed by atoms with Gasteiger partial charge in [0.1, 0.15) is 6.10 Å². The number of hydrogen-bond acceptors (Lipinski definition) is 3. The van der Waals surface area contributed by atoms with Gasteiger partial charge in [0, 0.05) is 12.8 Å². The van der Waals surface area contributed by atoms with Crippen LogP contribution in [0.4, 0.5) is 0 Å². The second-order valence-corrected chi connectivity index (χ2v) is 11.4. The monoisotopic (exact) mass is 524 g/mol. The Balaban J connectivity index is 3.74. The van der Waals surface area contributed by atoms with Gasteiger partial charge in [-0.15, -0.1) is 0 Å². The summed E-state index contributed by atoms with van der Waals surface area (Å²) in [7, 11) is 0. The van der Waals surface area contributed by atoms with E-state index in [0.717, 1.165) is 57.8 Å². The molecule has 0 spiro atoms. The maximum Gasteiger partial charge on any atom is 0.306 e. The average molecular weight is 525 g/mol. The molecular weight excluding hydrogens is 460 g/mol. The third-order valence-corrected chi connectivity index (χ3v) is 7.58. The molecule has 0 fully saturated rings. The van der Waals surface area contributed by atoms with E-state index in [-0.39, 0.29) is 12.1 Å². The summed E-state index contributed by atoms with van der Waals surface area (Å²) in [4.78, 5) is 23.0. The van der Waals surface area contributed by atoms with E-state index in [1.807, 2.05) is 0 Å². The first-order valence-corrected chi connectivity index (χ1v) is 16.5.